The molecule has 1 atom stereocenters. The smallest absolute Gasteiger partial charge is 0.339 e. The first-order valence-corrected chi connectivity index (χ1v) is 11.0. The number of thioether (sulfide) groups is 1. The molecule has 1 aliphatic rings. The van der Waals surface area contributed by atoms with E-state index in [1.165, 1.54) is 23.1 Å². The van der Waals surface area contributed by atoms with Crippen LogP contribution >= 0.6 is 23.1 Å². The fourth-order valence-corrected chi connectivity index (χ4v) is 5.30. The fraction of sp³-hybridized carbons (Fsp3) is 0.350. The minimum atomic E-state index is -0.561. The molecule has 28 heavy (non-hydrogen) atoms. The minimum absolute atomic E-state index is 0.388. The van der Waals surface area contributed by atoms with Crippen LogP contribution in [0.25, 0.3) is 0 Å². The Labute approximate surface area is 171 Å². The molecule has 1 heterocycles. The maximum absolute atomic E-state index is 12.3. The van der Waals surface area contributed by atoms with Crippen molar-refractivity contribution in [3.8, 4) is 0 Å². The number of fused-ring (bicyclic) bond motifs is 1. The van der Waals surface area contributed by atoms with Gasteiger partial charge >= 0.3 is 5.97 Å². The largest absolute Gasteiger partial charge is 0.452 e. The normalized spacial score (nSPS) is 15.6. The second-order valence-corrected chi connectivity index (χ2v) is 8.70. The Balaban J connectivity index is 1.68. The monoisotopic (exact) mass is 418 g/mol. The van der Waals surface area contributed by atoms with Gasteiger partial charge in [-0.1, -0.05) is 19.1 Å². The number of thiophene rings is 1. The molecular formula is C20H22N2O4S2. The fourth-order valence-electron chi connectivity index (χ4n) is 3.28. The number of amides is 2. The van der Waals surface area contributed by atoms with E-state index in [1.54, 1.807) is 12.1 Å². The Morgan fingerprint density at radius 1 is 1.32 bits per heavy atom. The highest BCUT2D eigenvalue weighted by Gasteiger charge is 2.27. The number of ether oxygens (including phenoxy) is 1. The zero-order valence-corrected chi connectivity index (χ0v) is 17.4. The summed E-state index contributed by atoms with van der Waals surface area (Å²) >= 11 is 2.81. The van der Waals surface area contributed by atoms with Crippen LogP contribution in [0, 0.1) is 5.92 Å². The van der Waals surface area contributed by atoms with E-state index in [2.05, 4.69) is 12.2 Å². The third-order valence-corrected chi connectivity index (χ3v) is 6.64. The van der Waals surface area contributed by atoms with Gasteiger partial charge < -0.3 is 15.8 Å². The van der Waals surface area contributed by atoms with Crippen molar-refractivity contribution >= 4 is 45.9 Å². The summed E-state index contributed by atoms with van der Waals surface area (Å²) in [5, 5.41) is 3.14. The lowest BCUT2D eigenvalue weighted by atomic mass is 9.88. The number of carbonyl (C=O) groups excluding carboxylic acids is 3. The Morgan fingerprint density at radius 2 is 2.07 bits per heavy atom. The molecule has 0 radical (unpaired) electrons. The Morgan fingerprint density at radius 3 is 2.79 bits per heavy atom. The number of rotatable bonds is 6. The average molecular weight is 419 g/mol. The SMILES string of the molecule is CSc1ccccc1C(=O)OCC(=O)Nc1sc2c(c1C(N)=O)CC[C@@H](C)C2. The quantitative estimate of drug-likeness (QED) is 0.553. The molecule has 0 spiro atoms. The van der Waals surface area contributed by atoms with Crippen molar-refractivity contribution in [3.05, 3.63) is 45.8 Å². The summed E-state index contributed by atoms with van der Waals surface area (Å²) in [5.74, 6) is -1.07. The maximum atomic E-state index is 12.3. The van der Waals surface area contributed by atoms with Crippen molar-refractivity contribution in [2.45, 2.75) is 31.1 Å². The van der Waals surface area contributed by atoms with Crippen LogP contribution in [0.3, 0.4) is 0 Å². The molecular weight excluding hydrogens is 396 g/mol. The molecule has 8 heteroatoms. The van der Waals surface area contributed by atoms with Crippen LogP contribution in [-0.4, -0.2) is 30.6 Å². The maximum Gasteiger partial charge on any atom is 0.339 e. The summed E-state index contributed by atoms with van der Waals surface area (Å²) in [6.45, 7) is 1.73. The predicted octanol–water partition coefficient (Wildman–Crippen LogP) is 3.49. The first-order valence-electron chi connectivity index (χ1n) is 8.95. The highest BCUT2D eigenvalue weighted by molar-refractivity contribution is 7.98. The number of benzene rings is 1. The number of hydrogen-bond acceptors (Lipinski definition) is 6. The first kappa shape index (κ1) is 20.4. The van der Waals surface area contributed by atoms with Gasteiger partial charge in [0.1, 0.15) is 5.00 Å². The number of primary amides is 1. The lowest BCUT2D eigenvalue weighted by molar-refractivity contribution is -0.119. The summed E-state index contributed by atoms with van der Waals surface area (Å²) in [6, 6.07) is 7.05. The van der Waals surface area contributed by atoms with Crippen molar-refractivity contribution in [2.24, 2.45) is 11.7 Å². The number of nitrogens with two attached hydrogens (primary N) is 1. The molecule has 3 N–H and O–H groups in total. The molecule has 0 unspecified atom stereocenters. The van der Waals surface area contributed by atoms with Gasteiger partial charge in [-0.05, 0) is 49.1 Å². The highest BCUT2D eigenvalue weighted by atomic mass is 32.2. The van der Waals surface area contributed by atoms with E-state index < -0.39 is 24.4 Å². The van der Waals surface area contributed by atoms with Crippen molar-refractivity contribution in [1.29, 1.82) is 0 Å². The second-order valence-electron chi connectivity index (χ2n) is 6.74. The molecule has 0 aliphatic heterocycles. The first-order chi connectivity index (χ1) is 13.4. The van der Waals surface area contributed by atoms with E-state index in [1.807, 2.05) is 18.4 Å². The van der Waals surface area contributed by atoms with Gasteiger partial charge in [0.05, 0.1) is 11.1 Å². The van der Waals surface area contributed by atoms with Gasteiger partial charge in [0, 0.05) is 9.77 Å². The van der Waals surface area contributed by atoms with E-state index >= 15 is 0 Å². The van der Waals surface area contributed by atoms with Crippen LogP contribution in [-0.2, 0) is 22.4 Å². The number of hydrogen-bond donors (Lipinski definition) is 2. The minimum Gasteiger partial charge on any atom is -0.452 e. The van der Waals surface area contributed by atoms with Crippen LogP contribution in [0.1, 0.15) is 44.5 Å². The standard InChI is InChI=1S/C20H22N2O4S2/c1-11-7-8-12-15(9-11)28-19(17(12)18(21)24)22-16(23)10-26-20(25)13-5-3-4-6-14(13)27-2/h3-6,11H,7-10H2,1-2H3,(H2,21,24)(H,22,23)/t11-/m1/s1. The molecule has 0 bridgehead atoms. The molecule has 148 valence electrons. The van der Waals surface area contributed by atoms with Crippen LogP contribution in [0.4, 0.5) is 5.00 Å². The van der Waals surface area contributed by atoms with Crippen LogP contribution in [0.5, 0.6) is 0 Å². The lowest BCUT2D eigenvalue weighted by Crippen LogP contribution is -2.23. The molecule has 1 aliphatic carbocycles. The van der Waals surface area contributed by atoms with Crippen molar-refractivity contribution in [1.82, 2.24) is 0 Å². The highest BCUT2D eigenvalue weighted by Crippen LogP contribution is 2.39. The summed E-state index contributed by atoms with van der Waals surface area (Å²) < 4.78 is 5.15. The van der Waals surface area contributed by atoms with E-state index in [0.29, 0.717) is 22.0 Å². The molecule has 0 saturated heterocycles. The van der Waals surface area contributed by atoms with Gasteiger partial charge in [-0.15, -0.1) is 23.1 Å². The molecule has 6 nitrogen and oxygen atoms in total. The summed E-state index contributed by atoms with van der Waals surface area (Å²) in [4.78, 5) is 38.4. The van der Waals surface area contributed by atoms with Gasteiger partial charge in [-0.2, -0.15) is 0 Å². The average Bonchev–Trinajstić information content (AvgIpc) is 3.02. The topological polar surface area (TPSA) is 98.5 Å². The van der Waals surface area contributed by atoms with Crippen LogP contribution < -0.4 is 11.1 Å². The molecule has 3 rings (SSSR count). The third-order valence-electron chi connectivity index (χ3n) is 4.67. The molecule has 2 amide bonds. The van der Waals surface area contributed by atoms with Crippen molar-refractivity contribution < 1.29 is 19.1 Å². The molecule has 2 aromatic rings. The number of esters is 1. The van der Waals surface area contributed by atoms with E-state index in [-0.39, 0.29) is 0 Å². The van der Waals surface area contributed by atoms with E-state index in [4.69, 9.17) is 10.5 Å². The van der Waals surface area contributed by atoms with E-state index in [0.717, 1.165) is 34.6 Å². The number of nitrogens with one attached hydrogen (secondary N) is 1. The molecule has 0 fully saturated rings. The Bertz CT molecular complexity index is 923. The summed E-state index contributed by atoms with van der Waals surface area (Å²) in [6.07, 6.45) is 4.51. The van der Waals surface area contributed by atoms with Gasteiger partial charge in [-0.3, -0.25) is 9.59 Å². The van der Waals surface area contributed by atoms with Gasteiger partial charge in [-0.25, -0.2) is 4.79 Å². The Hall–Kier alpha value is -2.32. The summed E-state index contributed by atoms with van der Waals surface area (Å²) in [7, 11) is 0. The number of anilines is 1. The van der Waals surface area contributed by atoms with Crippen molar-refractivity contribution in [2.75, 3.05) is 18.2 Å². The van der Waals surface area contributed by atoms with Gasteiger partial charge in [0.2, 0.25) is 0 Å². The number of carbonyl (C=O) groups is 3. The van der Waals surface area contributed by atoms with Gasteiger partial charge in [0.15, 0.2) is 6.61 Å². The summed E-state index contributed by atoms with van der Waals surface area (Å²) in [5.41, 5.74) is 7.30. The lowest BCUT2D eigenvalue weighted by Gasteiger charge is -2.18. The molecule has 1 aromatic carbocycles. The zero-order chi connectivity index (χ0) is 20.3. The molecule has 0 saturated carbocycles. The third kappa shape index (κ3) is 4.39. The second kappa shape index (κ2) is 8.79. The van der Waals surface area contributed by atoms with Crippen LogP contribution in [0.2, 0.25) is 0 Å². The predicted molar refractivity (Wildman–Crippen MR) is 111 cm³/mol. The van der Waals surface area contributed by atoms with Crippen molar-refractivity contribution in [3.63, 3.8) is 0 Å². The van der Waals surface area contributed by atoms with E-state index in [9.17, 15) is 14.4 Å². The van der Waals surface area contributed by atoms with Crippen LogP contribution in [0.15, 0.2) is 29.2 Å². The molecule has 1 aromatic heterocycles. The van der Waals surface area contributed by atoms with Gasteiger partial charge in [0.25, 0.3) is 11.8 Å². The zero-order valence-electron chi connectivity index (χ0n) is 15.7. The Kier molecular flexibility index (Phi) is 6.41.